The standard InChI is InChI=1S/C76H44N14/c1-3-39-9-15-53(87-69(39)67-37(1)7-13-51(85-67)59-45-21-29-77-57(45)35-43-19-27-79-65(43)59)61-47-23-31-83-75(47)63(49-25-33-81-73(49)61)55-17-11-41-5-6-42-12-18-56(90-72(42)71(41)89-55)64-50-26-34-82-74(50)62(48-24-32-84-76(48)64)54-16-10-40-4-2-38-8-14-52(86-68(38)70(40)88-54)60-46-22-30-78-58(46)36-44-20-28-80-66(44)60/h1-36,77-84H. The largest absolute Gasteiger partial charge is 0.361 e. The van der Waals surface area contributed by atoms with Crippen LogP contribution in [-0.4, -0.2) is 69.8 Å². The molecular weight excluding hydrogens is 1110 g/mol. The second-order valence-electron chi connectivity index (χ2n) is 23.6. The summed E-state index contributed by atoms with van der Waals surface area (Å²) in [5.41, 5.74) is 24.4. The van der Waals surface area contributed by atoms with E-state index >= 15 is 0 Å². The predicted octanol–water partition coefficient (Wildman–Crippen LogP) is 18.8. The Hall–Kier alpha value is -12.7. The highest BCUT2D eigenvalue weighted by molar-refractivity contribution is 6.23. The molecule has 0 saturated carbocycles. The van der Waals surface area contributed by atoms with Gasteiger partial charge in [-0.2, -0.15) is 0 Å². The molecule has 7 aromatic carbocycles. The Kier molecular flexibility index (Phi) is 9.24. The van der Waals surface area contributed by atoms with Crippen molar-refractivity contribution < 1.29 is 0 Å². The first-order chi connectivity index (χ1) is 44.6. The van der Waals surface area contributed by atoms with Gasteiger partial charge in [-0.3, -0.25) is 0 Å². The minimum absolute atomic E-state index is 0.815. The predicted molar refractivity (Wildman–Crippen MR) is 366 cm³/mol. The maximum absolute atomic E-state index is 5.60. The SMILES string of the molecule is c1cc2c(-c3ccc4ccc5ccc(-c6c7cc[nH]c7c(-c7ccc8ccc9ccc(-c%10c%11cc[nH]c%11c(-c%11ccc%12ccc%13ccc(-c%14c%15cc[nH]c%15cc%15cc[nH]c%14%15)nc%13c%12n%11)c%11cc[nH]c%10%11)nc9c8n7)c7cc[nH]c67)nc5c4n3)c3[nH]ccc3cc2[nH]1. The smallest absolute Gasteiger partial charge is 0.0972 e. The van der Waals surface area contributed by atoms with E-state index in [2.05, 4.69) is 210 Å². The van der Waals surface area contributed by atoms with Gasteiger partial charge in [-0.15, -0.1) is 0 Å². The molecule has 0 spiro atoms. The van der Waals surface area contributed by atoms with Gasteiger partial charge in [0, 0.05) is 169 Å². The molecule has 418 valence electrons. The highest BCUT2D eigenvalue weighted by Gasteiger charge is 2.25. The number of nitrogens with one attached hydrogen (secondary N) is 8. The quantitative estimate of drug-likeness (QED) is 0.0761. The lowest BCUT2D eigenvalue weighted by Crippen LogP contribution is -1.95. The molecule has 0 aliphatic rings. The molecule has 90 heavy (non-hydrogen) atoms. The van der Waals surface area contributed by atoms with Crippen molar-refractivity contribution in [3.63, 3.8) is 0 Å². The second kappa shape index (κ2) is 17.5. The van der Waals surface area contributed by atoms with Crippen molar-refractivity contribution in [1.29, 1.82) is 0 Å². The molecule has 21 rings (SSSR count). The molecule has 0 radical (unpaired) electrons. The number of hydrogen-bond acceptors (Lipinski definition) is 6. The Labute approximate surface area is 506 Å². The van der Waals surface area contributed by atoms with E-state index in [1.54, 1.807) is 0 Å². The number of rotatable bonds is 6. The average molecular weight is 1150 g/mol. The van der Waals surface area contributed by atoms with E-state index in [0.29, 0.717) is 0 Å². The summed E-state index contributed by atoms with van der Waals surface area (Å²) in [5.74, 6) is 0. The van der Waals surface area contributed by atoms with Crippen molar-refractivity contribution in [3.05, 3.63) is 219 Å². The van der Waals surface area contributed by atoms with Gasteiger partial charge < -0.3 is 39.9 Å². The highest BCUT2D eigenvalue weighted by atomic mass is 14.8. The second-order valence-corrected chi connectivity index (χ2v) is 23.6. The van der Waals surface area contributed by atoms with E-state index in [9.17, 15) is 0 Å². The summed E-state index contributed by atoms with van der Waals surface area (Å²) < 4.78 is 0. The van der Waals surface area contributed by atoms with Crippen LogP contribution in [0.2, 0.25) is 0 Å². The molecule has 14 aromatic heterocycles. The first kappa shape index (κ1) is 47.6. The first-order valence-electron chi connectivity index (χ1n) is 30.1. The summed E-state index contributed by atoms with van der Waals surface area (Å²) in [6.45, 7) is 0. The number of fused-ring (bicyclic) bond motifs is 17. The van der Waals surface area contributed by atoms with E-state index in [1.165, 1.54) is 0 Å². The first-order valence-corrected chi connectivity index (χ1v) is 30.1. The fraction of sp³-hybridized carbons (Fsp3) is 0. The number of benzene rings is 7. The van der Waals surface area contributed by atoms with Crippen LogP contribution < -0.4 is 0 Å². The Morgan fingerprint density at radius 3 is 0.667 bits per heavy atom. The minimum atomic E-state index is 0.815. The van der Waals surface area contributed by atoms with Crippen molar-refractivity contribution >= 4 is 153 Å². The van der Waals surface area contributed by atoms with Gasteiger partial charge in [-0.25, -0.2) is 29.9 Å². The van der Waals surface area contributed by atoms with Crippen molar-refractivity contribution in [3.8, 4) is 67.5 Å². The minimum Gasteiger partial charge on any atom is -0.361 e. The van der Waals surface area contributed by atoms with Crippen LogP contribution in [0, 0.1) is 0 Å². The monoisotopic (exact) mass is 1150 g/mol. The van der Waals surface area contributed by atoms with Crippen LogP contribution in [0.25, 0.3) is 220 Å². The molecule has 14 nitrogen and oxygen atoms in total. The third-order valence-electron chi connectivity index (χ3n) is 18.9. The number of hydrogen-bond donors (Lipinski definition) is 8. The molecule has 0 atom stereocenters. The molecule has 0 unspecified atom stereocenters. The van der Waals surface area contributed by atoms with Gasteiger partial charge in [0.05, 0.1) is 100 Å². The number of nitrogens with zero attached hydrogens (tertiary/aromatic N) is 6. The van der Waals surface area contributed by atoms with Gasteiger partial charge in [0.25, 0.3) is 0 Å². The van der Waals surface area contributed by atoms with Crippen LogP contribution in [0.5, 0.6) is 0 Å². The van der Waals surface area contributed by atoms with Crippen molar-refractivity contribution in [2.45, 2.75) is 0 Å². The van der Waals surface area contributed by atoms with Crippen LogP contribution in [0.3, 0.4) is 0 Å². The van der Waals surface area contributed by atoms with E-state index in [0.717, 1.165) is 220 Å². The third-order valence-corrected chi connectivity index (χ3v) is 18.9. The van der Waals surface area contributed by atoms with E-state index in [-0.39, 0.29) is 0 Å². The van der Waals surface area contributed by atoms with E-state index in [4.69, 9.17) is 29.9 Å². The van der Waals surface area contributed by atoms with E-state index in [1.807, 2.05) is 49.6 Å². The van der Waals surface area contributed by atoms with Crippen LogP contribution in [0.15, 0.2) is 219 Å². The summed E-state index contributed by atoms with van der Waals surface area (Å²) >= 11 is 0. The van der Waals surface area contributed by atoms with Crippen molar-refractivity contribution in [2.24, 2.45) is 0 Å². The van der Waals surface area contributed by atoms with Gasteiger partial charge in [0.1, 0.15) is 0 Å². The number of pyridine rings is 6. The zero-order valence-corrected chi connectivity index (χ0v) is 47.5. The lowest BCUT2D eigenvalue weighted by Gasteiger charge is -2.14. The number of H-pyrrole nitrogens is 8. The highest BCUT2D eigenvalue weighted by Crippen LogP contribution is 2.47. The Balaban J connectivity index is 0.691. The number of aromatic nitrogens is 14. The molecule has 0 saturated heterocycles. The van der Waals surface area contributed by atoms with Crippen LogP contribution in [-0.2, 0) is 0 Å². The Morgan fingerprint density at radius 1 is 0.178 bits per heavy atom. The lowest BCUT2D eigenvalue weighted by atomic mass is 9.95. The summed E-state index contributed by atoms with van der Waals surface area (Å²) in [4.78, 5) is 61.6. The molecule has 0 bridgehead atoms. The van der Waals surface area contributed by atoms with Gasteiger partial charge in [-0.1, -0.05) is 72.8 Å². The molecule has 0 fully saturated rings. The lowest BCUT2D eigenvalue weighted by molar-refractivity contribution is 1.36. The van der Waals surface area contributed by atoms with Gasteiger partial charge in [0.2, 0.25) is 0 Å². The van der Waals surface area contributed by atoms with Crippen LogP contribution >= 0.6 is 0 Å². The Morgan fingerprint density at radius 2 is 0.389 bits per heavy atom. The molecule has 14 heteroatoms. The zero-order valence-electron chi connectivity index (χ0n) is 47.5. The van der Waals surface area contributed by atoms with Crippen molar-refractivity contribution in [2.75, 3.05) is 0 Å². The molecule has 21 aromatic rings. The zero-order chi connectivity index (χ0) is 58.4. The van der Waals surface area contributed by atoms with Gasteiger partial charge in [-0.05, 0) is 97.1 Å². The van der Waals surface area contributed by atoms with Crippen LogP contribution in [0.4, 0.5) is 0 Å². The van der Waals surface area contributed by atoms with Crippen LogP contribution in [0.1, 0.15) is 0 Å². The number of aromatic amines is 8. The normalized spacial score (nSPS) is 12.4. The molecule has 8 N–H and O–H groups in total. The summed E-state index contributed by atoms with van der Waals surface area (Å²) in [6.07, 6.45) is 16.0. The van der Waals surface area contributed by atoms with Gasteiger partial charge >= 0.3 is 0 Å². The maximum Gasteiger partial charge on any atom is 0.0972 e. The summed E-state index contributed by atoms with van der Waals surface area (Å²) in [7, 11) is 0. The molecule has 0 amide bonds. The molecule has 0 aliphatic carbocycles. The third kappa shape index (κ3) is 6.53. The molecule has 0 aliphatic heterocycles. The maximum atomic E-state index is 5.60. The van der Waals surface area contributed by atoms with Crippen molar-refractivity contribution in [1.82, 2.24) is 69.8 Å². The Bertz CT molecular complexity index is 6090. The topological polar surface area (TPSA) is 204 Å². The molecular formula is C76H44N14. The fourth-order valence-electron chi connectivity index (χ4n) is 14.9. The molecule has 14 heterocycles. The average Bonchev–Trinajstić information content (AvgIpc) is 1.46. The van der Waals surface area contributed by atoms with E-state index < -0.39 is 0 Å². The van der Waals surface area contributed by atoms with Gasteiger partial charge in [0.15, 0.2) is 0 Å². The summed E-state index contributed by atoms with van der Waals surface area (Å²) in [6, 6.07) is 60.0. The summed E-state index contributed by atoms with van der Waals surface area (Å²) in [5, 5.41) is 14.7. The fourth-order valence-corrected chi connectivity index (χ4v) is 14.9.